The Kier molecular flexibility index (Phi) is 3.36. The highest BCUT2D eigenvalue weighted by atomic mass is 32.2. The number of ether oxygens (including phenoxy) is 1. The number of aromatic nitrogens is 2. The number of thioether (sulfide) groups is 1. The van der Waals surface area contributed by atoms with Gasteiger partial charge in [0.05, 0.1) is 6.61 Å². The van der Waals surface area contributed by atoms with Crippen LogP contribution in [-0.2, 0) is 0 Å². The van der Waals surface area contributed by atoms with E-state index >= 15 is 0 Å². The maximum Gasteiger partial charge on any atom is 0.255 e. The highest BCUT2D eigenvalue weighted by molar-refractivity contribution is 8.13. The first kappa shape index (κ1) is 13.0. The Balaban J connectivity index is 2.40. The fraction of sp³-hybridized carbons (Fsp3) is 0.200. The minimum atomic E-state index is -0.0683. The molecule has 102 valence electrons. The molecular formula is C15H14N2O2S. The zero-order valence-electron chi connectivity index (χ0n) is 11.3. The molecule has 2 heterocycles. The Morgan fingerprint density at radius 3 is 2.90 bits per heavy atom. The molecule has 4 nitrogen and oxygen atoms in total. The first-order chi connectivity index (χ1) is 9.76. The van der Waals surface area contributed by atoms with Gasteiger partial charge in [0.15, 0.2) is 5.82 Å². The van der Waals surface area contributed by atoms with Crippen molar-refractivity contribution < 1.29 is 9.53 Å². The van der Waals surface area contributed by atoms with Crippen LogP contribution in [-0.4, -0.2) is 27.4 Å². The predicted octanol–water partition coefficient (Wildman–Crippen LogP) is 3.39. The third kappa shape index (κ3) is 1.94. The molecule has 0 saturated carbocycles. The van der Waals surface area contributed by atoms with Crippen LogP contribution in [0.2, 0.25) is 0 Å². The molecule has 0 aliphatic heterocycles. The number of hydrogen-bond acceptors (Lipinski definition) is 4. The van der Waals surface area contributed by atoms with Crippen molar-refractivity contribution in [1.82, 2.24) is 9.38 Å². The molecule has 0 atom stereocenters. The summed E-state index contributed by atoms with van der Waals surface area (Å²) in [5.41, 5.74) is 0.849. The Morgan fingerprint density at radius 1 is 1.35 bits per heavy atom. The van der Waals surface area contributed by atoms with E-state index < -0.39 is 0 Å². The van der Waals surface area contributed by atoms with Crippen LogP contribution in [0.25, 0.3) is 16.3 Å². The number of benzene rings is 1. The van der Waals surface area contributed by atoms with Crippen LogP contribution in [0.15, 0.2) is 36.5 Å². The van der Waals surface area contributed by atoms with Gasteiger partial charge in [-0.1, -0.05) is 36.0 Å². The molecule has 0 bridgehead atoms. The molecule has 3 aromatic rings. The number of fused-ring (bicyclic) bond motifs is 3. The number of nitrogens with zero attached hydrogens (tertiary/aromatic N) is 2. The molecule has 0 N–H and O–H groups in total. The minimum Gasteiger partial charge on any atom is -0.476 e. The summed E-state index contributed by atoms with van der Waals surface area (Å²) in [6.07, 6.45) is 3.63. The van der Waals surface area contributed by atoms with Crippen LogP contribution in [0, 0.1) is 0 Å². The molecule has 0 aliphatic carbocycles. The molecule has 0 spiro atoms. The van der Waals surface area contributed by atoms with E-state index in [9.17, 15) is 4.79 Å². The van der Waals surface area contributed by atoms with Crippen LogP contribution in [0.1, 0.15) is 17.5 Å². The van der Waals surface area contributed by atoms with Gasteiger partial charge in [0, 0.05) is 11.6 Å². The summed E-state index contributed by atoms with van der Waals surface area (Å²) in [4.78, 5) is 16.4. The number of rotatable bonds is 3. The van der Waals surface area contributed by atoms with E-state index in [-0.39, 0.29) is 5.12 Å². The van der Waals surface area contributed by atoms with Gasteiger partial charge in [0.25, 0.3) is 5.12 Å². The van der Waals surface area contributed by atoms with Crippen molar-refractivity contribution in [3.8, 4) is 5.88 Å². The third-order valence-electron chi connectivity index (χ3n) is 3.15. The number of carbonyl (C=O) groups excluding carboxylic acids is 1. The highest BCUT2D eigenvalue weighted by Gasteiger charge is 2.19. The van der Waals surface area contributed by atoms with Gasteiger partial charge in [-0.3, -0.25) is 9.20 Å². The van der Waals surface area contributed by atoms with Crippen molar-refractivity contribution in [3.05, 3.63) is 42.4 Å². The normalized spacial score (nSPS) is 11.1. The second-order valence-corrected chi connectivity index (χ2v) is 5.07. The molecule has 0 aliphatic rings. The van der Waals surface area contributed by atoms with Crippen LogP contribution in [0.4, 0.5) is 0 Å². The Bertz CT molecular complexity index is 795. The summed E-state index contributed by atoms with van der Waals surface area (Å²) in [6.45, 7) is 2.43. The summed E-state index contributed by atoms with van der Waals surface area (Å²) in [6, 6.07) is 10.00. The minimum absolute atomic E-state index is 0.0683. The standard InChI is InChI=1S/C15H14N2O2S/c1-3-19-14-12-11-7-5-4-6-10(11)8-9-17(12)13(16-14)15(18)20-2/h4-9H,3H2,1-2H3. The average Bonchev–Trinajstić information content (AvgIpc) is 2.86. The summed E-state index contributed by atoms with van der Waals surface area (Å²) >= 11 is 1.15. The molecule has 0 amide bonds. The van der Waals surface area contributed by atoms with Gasteiger partial charge in [-0.2, -0.15) is 4.98 Å². The van der Waals surface area contributed by atoms with Gasteiger partial charge in [-0.05, 0) is 24.6 Å². The Labute approximate surface area is 120 Å². The van der Waals surface area contributed by atoms with Gasteiger partial charge >= 0.3 is 0 Å². The first-order valence-corrected chi connectivity index (χ1v) is 7.59. The van der Waals surface area contributed by atoms with E-state index in [1.165, 1.54) is 0 Å². The predicted molar refractivity (Wildman–Crippen MR) is 81.7 cm³/mol. The fourth-order valence-corrected chi connectivity index (χ4v) is 2.61. The maximum atomic E-state index is 12.0. The van der Waals surface area contributed by atoms with Crippen molar-refractivity contribution in [2.45, 2.75) is 6.92 Å². The fourth-order valence-electron chi connectivity index (χ4n) is 2.29. The van der Waals surface area contributed by atoms with Gasteiger partial charge in [0.2, 0.25) is 5.88 Å². The van der Waals surface area contributed by atoms with Crippen LogP contribution < -0.4 is 4.74 Å². The van der Waals surface area contributed by atoms with Crippen molar-refractivity contribution in [3.63, 3.8) is 0 Å². The van der Waals surface area contributed by atoms with Crippen LogP contribution in [0.3, 0.4) is 0 Å². The van der Waals surface area contributed by atoms with E-state index in [2.05, 4.69) is 4.98 Å². The summed E-state index contributed by atoms with van der Waals surface area (Å²) in [5, 5.41) is 2.07. The van der Waals surface area contributed by atoms with Crippen LogP contribution in [0.5, 0.6) is 5.88 Å². The van der Waals surface area contributed by atoms with E-state index in [4.69, 9.17) is 4.74 Å². The molecule has 0 fully saturated rings. The Morgan fingerprint density at radius 2 is 2.15 bits per heavy atom. The molecule has 0 saturated heterocycles. The molecule has 1 aromatic carbocycles. The molecule has 0 unspecified atom stereocenters. The lowest BCUT2D eigenvalue weighted by molar-refractivity contribution is 0.107. The lowest BCUT2D eigenvalue weighted by Gasteiger charge is -2.04. The number of carbonyl (C=O) groups is 1. The van der Waals surface area contributed by atoms with E-state index in [1.54, 1.807) is 6.26 Å². The van der Waals surface area contributed by atoms with E-state index in [1.807, 2.05) is 47.9 Å². The second-order valence-electron chi connectivity index (χ2n) is 4.29. The maximum absolute atomic E-state index is 12.0. The van der Waals surface area contributed by atoms with Crippen molar-refractivity contribution in [2.75, 3.05) is 12.9 Å². The van der Waals surface area contributed by atoms with E-state index in [0.717, 1.165) is 28.1 Å². The number of hydrogen-bond donors (Lipinski definition) is 0. The van der Waals surface area contributed by atoms with Gasteiger partial charge in [-0.15, -0.1) is 0 Å². The zero-order valence-corrected chi connectivity index (χ0v) is 12.1. The van der Waals surface area contributed by atoms with Crippen molar-refractivity contribution in [1.29, 1.82) is 0 Å². The molecule has 20 heavy (non-hydrogen) atoms. The van der Waals surface area contributed by atoms with E-state index in [0.29, 0.717) is 18.3 Å². The van der Waals surface area contributed by atoms with Crippen molar-refractivity contribution >= 4 is 33.2 Å². The quantitative estimate of drug-likeness (QED) is 0.740. The largest absolute Gasteiger partial charge is 0.476 e. The van der Waals surface area contributed by atoms with Crippen LogP contribution >= 0.6 is 11.8 Å². The topological polar surface area (TPSA) is 43.6 Å². The molecule has 2 aromatic heterocycles. The summed E-state index contributed by atoms with van der Waals surface area (Å²) in [5.74, 6) is 0.920. The van der Waals surface area contributed by atoms with Gasteiger partial charge < -0.3 is 4.74 Å². The Hall–Kier alpha value is -2.01. The number of imidazole rings is 1. The molecule has 0 radical (unpaired) electrons. The lowest BCUT2D eigenvalue weighted by Crippen LogP contribution is -2.00. The summed E-state index contributed by atoms with van der Waals surface area (Å²) < 4.78 is 7.42. The molecule has 5 heteroatoms. The second kappa shape index (κ2) is 5.17. The smallest absolute Gasteiger partial charge is 0.255 e. The SMILES string of the molecule is CCOc1nc(C(=O)SC)n2ccc3ccccc3c12. The summed E-state index contributed by atoms with van der Waals surface area (Å²) in [7, 11) is 0. The first-order valence-electron chi connectivity index (χ1n) is 6.37. The van der Waals surface area contributed by atoms with Crippen molar-refractivity contribution in [2.24, 2.45) is 0 Å². The third-order valence-corrected chi connectivity index (χ3v) is 3.70. The number of pyridine rings is 1. The molecule has 3 rings (SSSR count). The molecular weight excluding hydrogens is 272 g/mol. The highest BCUT2D eigenvalue weighted by Crippen LogP contribution is 2.29. The monoisotopic (exact) mass is 286 g/mol. The average molecular weight is 286 g/mol. The lowest BCUT2D eigenvalue weighted by atomic mass is 10.1. The van der Waals surface area contributed by atoms with Gasteiger partial charge in [0.1, 0.15) is 5.52 Å². The zero-order chi connectivity index (χ0) is 14.1. The van der Waals surface area contributed by atoms with Gasteiger partial charge in [-0.25, -0.2) is 0 Å².